The lowest BCUT2D eigenvalue weighted by molar-refractivity contribution is 0.102. The molecule has 40 heavy (non-hydrogen) atoms. The molecular formula is C29H27FN6O4. The molecule has 0 unspecified atom stereocenters. The van der Waals surface area contributed by atoms with Crippen molar-refractivity contribution in [1.29, 1.82) is 0 Å². The Hall–Kier alpha value is -4.64. The maximum atomic E-state index is 13.5. The SMILES string of the molecule is CN1CCc2c(ncnc2Oc2ccc(NC(=O)c3cn(CC4CC4)c(=O)n(-c4ccc(F)cc4)c3=O)cc2)C1. The monoisotopic (exact) mass is 542 g/mol. The van der Waals surface area contributed by atoms with Crippen LogP contribution in [0.3, 0.4) is 0 Å². The van der Waals surface area contributed by atoms with Crippen LogP contribution >= 0.6 is 0 Å². The lowest BCUT2D eigenvalue weighted by Gasteiger charge is -2.24. The zero-order valence-electron chi connectivity index (χ0n) is 21.8. The van der Waals surface area contributed by atoms with Crippen molar-refractivity contribution >= 4 is 11.6 Å². The van der Waals surface area contributed by atoms with Gasteiger partial charge in [-0.25, -0.2) is 23.7 Å². The van der Waals surface area contributed by atoms with Crippen molar-refractivity contribution in [3.8, 4) is 17.3 Å². The zero-order valence-corrected chi connectivity index (χ0v) is 21.8. The predicted molar refractivity (Wildman–Crippen MR) is 146 cm³/mol. The third kappa shape index (κ3) is 5.28. The van der Waals surface area contributed by atoms with Gasteiger partial charge in [0.05, 0.1) is 11.4 Å². The molecule has 1 fully saturated rings. The van der Waals surface area contributed by atoms with Gasteiger partial charge in [0.1, 0.15) is 23.5 Å². The molecule has 4 aromatic rings. The fourth-order valence-corrected chi connectivity index (χ4v) is 4.74. The fraction of sp³-hybridized carbons (Fsp3) is 0.276. The molecule has 2 aromatic carbocycles. The van der Waals surface area contributed by atoms with Crippen molar-refractivity contribution in [2.75, 3.05) is 18.9 Å². The van der Waals surface area contributed by atoms with E-state index in [1.54, 1.807) is 24.3 Å². The van der Waals surface area contributed by atoms with E-state index in [1.165, 1.54) is 41.4 Å². The van der Waals surface area contributed by atoms with Crippen LogP contribution in [0.5, 0.6) is 11.6 Å². The van der Waals surface area contributed by atoms with E-state index in [0.717, 1.165) is 48.2 Å². The molecule has 0 bridgehead atoms. The number of nitrogens with zero attached hydrogens (tertiary/aromatic N) is 5. The molecule has 0 atom stereocenters. The highest BCUT2D eigenvalue weighted by atomic mass is 19.1. The number of likely N-dealkylation sites (N-methyl/N-ethyl adjacent to an activating group) is 1. The topological polar surface area (TPSA) is 111 Å². The molecule has 0 saturated heterocycles. The van der Waals surface area contributed by atoms with Crippen molar-refractivity contribution < 1.29 is 13.9 Å². The van der Waals surface area contributed by atoms with E-state index in [9.17, 15) is 18.8 Å². The van der Waals surface area contributed by atoms with Gasteiger partial charge in [0, 0.05) is 37.1 Å². The first-order valence-electron chi connectivity index (χ1n) is 13.1. The van der Waals surface area contributed by atoms with Crippen LogP contribution < -0.4 is 21.3 Å². The second-order valence-corrected chi connectivity index (χ2v) is 10.2. The number of aromatic nitrogens is 4. The Labute approximate surface area is 228 Å². The average molecular weight is 543 g/mol. The highest BCUT2D eigenvalue weighted by Gasteiger charge is 2.25. The number of nitrogens with one attached hydrogen (secondary N) is 1. The molecule has 0 spiro atoms. The number of benzene rings is 2. The van der Waals surface area contributed by atoms with E-state index in [1.807, 2.05) is 7.05 Å². The van der Waals surface area contributed by atoms with Crippen LogP contribution in [0.1, 0.15) is 34.5 Å². The first kappa shape index (κ1) is 25.6. The summed E-state index contributed by atoms with van der Waals surface area (Å²) in [5, 5.41) is 2.73. The van der Waals surface area contributed by atoms with Gasteiger partial charge in [-0.3, -0.25) is 14.2 Å². The van der Waals surface area contributed by atoms with Crippen molar-refractivity contribution in [1.82, 2.24) is 24.0 Å². The van der Waals surface area contributed by atoms with Gasteiger partial charge in [-0.05, 0) is 80.8 Å². The van der Waals surface area contributed by atoms with Crippen LogP contribution in [0.4, 0.5) is 10.1 Å². The Morgan fingerprint density at radius 3 is 2.55 bits per heavy atom. The Balaban J connectivity index is 1.24. The quantitative estimate of drug-likeness (QED) is 0.381. The van der Waals surface area contributed by atoms with Crippen LogP contribution in [-0.4, -0.2) is 43.5 Å². The van der Waals surface area contributed by atoms with Crippen molar-refractivity contribution in [3.05, 3.63) is 105 Å². The summed E-state index contributed by atoms with van der Waals surface area (Å²) in [6.07, 6.45) is 5.54. The molecule has 1 N–H and O–H groups in total. The number of carbonyl (C=O) groups is 1. The Kier molecular flexibility index (Phi) is 6.72. The number of rotatable bonds is 7. The molecule has 204 valence electrons. The minimum Gasteiger partial charge on any atom is -0.439 e. The van der Waals surface area contributed by atoms with Crippen LogP contribution in [0.2, 0.25) is 0 Å². The highest BCUT2D eigenvalue weighted by molar-refractivity contribution is 6.03. The number of ether oxygens (including phenoxy) is 1. The summed E-state index contributed by atoms with van der Waals surface area (Å²) in [4.78, 5) is 50.6. The lowest BCUT2D eigenvalue weighted by Crippen LogP contribution is -2.42. The summed E-state index contributed by atoms with van der Waals surface area (Å²) in [6.45, 7) is 2.02. The van der Waals surface area contributed by atoms with Crippen molar-refractivity contribution in [3.63, 3.8) is 0 Å². The minimum absolute atomic E-state index is 0.190. The van der Waals surface area contributed by atoms with Gasteiger partial charge in [0.2, 0.25) is 5.88 Å². The number of fused-ring (bicyclic) bond motifs is 1. The number of amides is 1. The van der Waals surface area contributed by atoms with Crippen molar-refractivity contribution in [2.45, 2.75) is 32.4 Å². The molecule has 2 aromatic heterocycles. The van der Waals surface area contributed by atoms with Gasteiger partial charge >= 0.3 is 5.69 Å². The summed E-state index contributed by atoms with van der Waals surface area (Å²) in [6, 6.07) is 11.7. The molecular weight excluding hydrogens is 515 g/mol. The van der Waals surface area contributed by atoms with Gasteiger partial charge in [0.15, 0.2) is 0 Å². The average Bonchev–Trinajstić information content (AvgIpc) is 3.76. The fourth-order valence-electron chi connectivity index (χ4n) is 4.74. The standard InChI is InChI=1S/C29H27FN6O4/c1-34-13-12-23-25(16-34)31-17-32-27(23)40-22-10-6-20(7-11-22)33-26(37)24-15-35(14-18-2-3-18)29(39)36(28(24)38)21-8-4-19(30)5-9-21/h4-11,15,17-18H,2-3,12-14,16H2,1H3,(H,33,37). The van der Waals surface area contributed by atoms with Gasteiger partial charge in [-0.1, -0.05) is 0 Å². The summed E-state index contributed by atoms with van der Waals surface area (Å²) in [5.74, 6) is 0.210. The summed E-state index contributed by atoms with van der Waals surface area (Å²) in [7, 11) is 2.04. The molecule has 2 aliphatic rings. The summed E-state index contributed by atoms with van der Waals surface area (Å²) in [5.41, 5.74) is 1.02. The first-order chi connectivity index (χ1) is 19.4. The molecule has 1 amide bonds. The molecule has 11 heteroatoms. The van der Waals surface area contributed by atoms with E-state index in [-0.39, 0.29) is 11.3 Å². The van der Waals surface area contributed by atoms with Crippen LogP contribution in [0.25, 0.3) is 5.69 Å². The first-order valence-corrected chi connectivity index (χ1v) is 13.1. The molecule has 1 aliphatic carbocycles. The normalized spacial score (nSPS) is 14.9. The molecule has 1 saturated carbocycles. The number of hydrogen-bond donors (Lipinski definition) is 1. The van der Waals surface area contributed by atoms with E-state index < -0.39 is 23.0 Å². The zero-order chi connectivity index (χ0) is 27.8. The summed E-state index contributed by atoms with van der Waals surface area (Å²) < 4.78 is 21.8. The number of halogens is 1. The molecule has 0 radical (unpaired) electrons. The molecule has 10 nitrogen and oxygen atoms in total. The van der Waals surface area contributed by atoms with E-state index >= 15 is 0 Å². The number of carbonyl (C=O) groups excluding carboxylic acids is 1. The van der Waals surface area contributed by atoms with Crippen molar-refractivity contribution in [2.24, 2.45) is 5.92 Å². The largest absolute Gasteiger partial charge is 0.439 e. The summed E-state index contributed by atoms with van der Waals surface area (Å²) >= 11 is 0. The van der Waals surface area contributed by atoms with E-state index in [0.29, 0.717) is 29.8 Å². The van der Waals surface area contributed by atoms with Gasteiger partial charge < -0.3 is 15.0 Å². The third-order valence-corrected chi connectivity index (χ3v) is 7.12. The second kappa shape index (κ2) is 10.5. The molecule has 1 aliphatic heterocycles. The number of hydrogen-bond acceptors (Lipinski definition) is 7. The van der Waals surface area contributed by atoms with Gasteiger partial charge in [-0.15, -0.1) is 0 Å². The Morgan fingerprint density at radius 2 is 1.82 bits per heavy atom. The third-order valence-electron chi connectivity index (χ3n) is 7.12. The minimum atomic E-state index is -0.778. The maximum absolute atomic E-state index is 13.5. The van der Waals surface area contributed by atoms with Crippen LogP contribution in [0, 0.1) is 11.7 Å². The van der Waals surface area contributed by atoms with E-state index in [4.69, 9.17) is 4.74 Å². The Bertz CT molecular complexity index is 1690. The lowest BCUT2D eigenvalue weighted by atomic mass is 10.1. The Morgan fingerprint density at radius 1 is 1.07 bits per heavy atom. The van der Waals surface area contributed by atoms with Crippen LogP contribution in [-0.2, 0) is 19.5 Å². The maximum Gasteiger partial charge on any atom is 0.335 e. The van der Waals surface area contributed by atoms with Crippen LogP contribution in [0.15, 0.2) is 70.6 Å². The molecule has 3 heterocycles. The molecule has 6 rings (SSSR count). The number of anilines is 1. The smallest absolute Gasteiger partial charge is 0.335 e. The van der Waals surface area contributed by atoms with Gasteiger partial charge in [0.25, 0.3) is 11.5 Å². The second-order valence-electron chi connectivity index (χ2n) is 10.2. The van der Waals surface area contributed by atoms with E-state index in [2.05, 4.69) is 20.2 Å². The predicted octanol–water partition coefficient (Wildman–Crippen LogP) is 3.37. The van der Waals surface area contributed by atoms with Gasteiger partial charge in [-0.2, -0.15) is 0 Å². The highest BCUT2D eigenvalue weighted by Crippen LogP contribution is 2.30.